The molecule has 2 N–H and O–H groups in total. The second-order valence-corrected chi connectivity index (χ2v) is 5.80. The lowest BCUT2D eigenvalue weighted by Gasteiger charge is -2.27. The van der Waals surface area contributed by atoms with E-state index in [2.05, 4.69) is 10.0 Å². The Balaban J connectivity index is 2.48. The predicted octanol–water partition coefficient (Wildman–Crippen LogP) is -1.41. The van der Waals surface area contributed by atoms with Crippen LogP contribution in [0.3, 0.4) is 0 Å². The van der Waals surface area contributed by atoms with Crippen molar-refractivity contribution in [2.24, 2.45) is 0 Å². The summed E-state index contributed by atoms with van der Waals surface area (Å²) >= 11 is 0. The van der Waals surface area contributed by atoms with E-state index in [1.165, 1.54) is 4.31 Å². The minimum absolute atomic E-state index is 0.173. The number of nitrogens with one attached hydrogen (secondary N) is 2. The highest BCUT2D eigenvalue weighted by Crippen LogP contribution is 1.99. The second-order valence-electron chi connectivity index (χ2n) is 4.04. The molecule has 1 aliphatic heterocycles. The largest absolute Gasteiger partial charge is 0.342 e. The van der Waals surface area contributed by atoms with Crippen LogP contribution in [0.5, 0.6) is 0 Å². The predicted molar refractivity (Wildman–Crippen MR) is 69.3 cm³/mol. The normalized spacial score (nSPS) is 17.7. The molecule has 18 heavy (non-hydrogen) atoms. The highest BCUT2D eigenvalue weighted by Gasteiger charge is 2.24. The minimum atomic E-state index is -3.53. The van der Waals surface area contributed by atoms with Crippen molar-refractivity contribution in [2.45, 2.75) is 13.8 Å². The van der Waals surface area contributed by atoms with Gasteiger partial charge in [-0.2, -0.15) is 17.4 Å². The fourth-order valence-electron chi connectivity index (χ4n) is 1.82. The van der Waals surface area contributed by atoms with Crippen molar-refractivity contribution in [2.75, 3.05) is 45.8 Å². The summed E-state index contributed by atoms with van der Waals surface area (Å²) < 4.78 is 27.5. The number of carbonyl (C=O) groups excluding carboxylic acids is 1. The van der Waals surface area contributed by atoms with E-state index in [0.717, 1.165) is 0 Å². The lowest BCUT2D eigenvalue weighted by atomic mass is 10.4. The van der Waals surface area contributed by atoms with Crippen molar-refractivity contribution >= 4 is 16.1 Å². The van der Waals surface area contributed by atoms with Gasteiger partial charge in [0, 0.05) is 39.3 Å². The van der Waals surface area contributed by atoms with Crippen LogP contribution in [0.25, 0.3) is 0 Å². The van der Waals surface area contributed by atoms with E-state index < -0.39 is 10.2 Å². The first-order valence-electron chi connectivity index (χ1n) is 6.24. The van der Waals surface area contributed by atoms with Crippen LogP contribution in [0.2, 0.25) is 0 Å². The van der Waals surface area contributed by atoms with Gasteiger partial charge in [-0.1, -0.05) is 0 Å². The molecule has 0 radical (unpaired) electrons. The van der Waals surface area contributed by atoms with Crippen LogP contribution < -0.4 is 10.0 Å². The molecule has 0 aromatic rings. The van der Waals surface area contributed by atoms with E-state index in [1.807, 2.05) is 13.8 Å². The zero-order chi connectivity index (χ0) is 13.6. The van der Waals surface area contributed by atoms with Gasteiger partial charge in [-0.15, -0.1) is 0 Å². The van der Waals surface area contributed by atoms with E-state index in [-0.39, 0.29) is 12.5 Å². The Kier molecular flexibility index (Phi) is 6.00. The first-order valence-corrected chi connectivity index (χ1v) is 7.68. The van der Waals surface area contributed by atoms with Crippen LogP contribution in [0.1, 0.15) is 13.8 Å². The van der Waals surface area contributed by atoms with E-state index in [0.29, 0.717) is 39.3 Å². The first kappa shape index (κ1) is 15.4. The van der Waals surface area contributed by atoms with E-state index in [9.17, 15) is 13.2 Å². The maximum absolute atomic E-state index is 11.9. The van der Waals surface area contributed by atoms with Crippen LogP contribution in [-0.2, 0) is 15.0 Å². The number of likely N-dealkylation sites (N-methyl/N-ethyl adjacent to an activating group) is 1. The number of piperazine rings is 1. The summed E-state index contributed by atoms with van der Waals surface area (Å²) in [6.07, 6.45) is 0. The van der Waals surface area contributed by atoms with Gasteiger partial charge < -0.3 is 10.2 Å². The molecule has 1 fully saturated rings. The Hall–Kier alpha value is -0.700. The van der Waals surface area contributed by atoms with Gasteiger partial charge in [-0.25, -0.2) is 0 Å². The highest BCUT2D eigenvalue weighted by atomic mass is 32.2. The Labute approximate surface area is 109 Å². The number of hydrogen-bond donors (Lipinski definition) is 2. The summed E-state index contributed by atoms with van der Waals surface area (Å²) in [6, 6.07) is 0. The molecule has 0 aromatic heterocycles. The quantitative estimate of drug-likeness (QED) is 0.626. The molecule has 0 spiro atoms. The molecular formula is C10H22N4O3S. The molecule has 0 aromatic carbocycles. The average molecular weight is 278 g/mol. The summed E-state index contributed by atoms with van der Waals surface area (Å²) in [7, 11) is -3.53. The van der Waals surface area contributed by atoms with Crippen molar-refractivity contribution in [3.8, 4) is 0 Å². The molecular weight excluding hydrogens is 256 g/mol. The molecule has 0 aliphatic carbocycles. The van der Waals surface area contributed by atoms with E-state index in [4.69, 9.17) is 0 Å². The Morgan fingerprint density at radius 1 is 1.28 bits per heavy atom. The van der Waals surface area contributed by atoms with Crippen molar-refractivity contribution in [1.29, 1.82) is 0 Å². The van der Waals surface area contributed by atoms with Gasteiger partial charge in [0.2, 0.25) is 5.91 Å². The lowest BCUT2D eigenvalue weighted by molar-refractivity contribution is -0.129. The molecule has 0 saturated carbocycles. The fraction of sp³-hybridized carbons (Fsp3) is 0.900. The van der Waals surface area contributed by atoms with Gasteiger partial charge >= 0.3 is 0 Å². The fourth-order valence-corrected chi connectivity index (χ4v) is 2.97. The number of rotatable bonds is 6. The SMILES string of the molecule is CCN(CC)C(=O)CNS(=O)(=O)N1CCNCC1. The van der Waals surface area contributed by atoms with Crippen LogP contribution in [0.15, 0.2) is 0 Å². The zero-order valence-corrected chi connectivity index (χ0v) is 11.8. The summed E-state index contributed by atoms with van der Waals surface area (Å²) in [5.74, 6) is -0.196. The number of nitrogens with zero attached hydrogens (tertiary/aromatic N) is 2. The summed E-state index contributed by atoms with van der Waals surface area (Å²) in [5.41, 5.74) is 0. The minimum Gasteiger partial charge on any atom is -0.342 e. The molecule has 1 aliphatic rings. The third-order valence-electron chi connectivity index (χ3n) is 2.94. The first-order chi connectivity index (χ1) is 8.51. The Morgan fingerprint density at radius 2 is 1.83 bits per heavy atom. The van der Waals surface area contributed by atoms with Crippen molar-refractivity contribution < 1.29 is 13.2 Å². The number of amides is 1. The smallest absolute Gasteiger partial charge is 0.280 e. The molecule has 7 nitrogen and oxygen atoms in total. The molecule has 1 amide bonds. The molecule has 1 heterocycles. The zero-order valence-electron chi connectivity index (χ0n) is 11.0. The van der Waals surface area contributed by atoms with Gasteiger partial charge in [0.15, 0.2) is 0 Å². The second kappa shape index (κ2) is 7.03. The third-order valence-corrected chi connectivity index (χ3v) is 4.49. The summed E-state index contributed by atoms with van der Waals surface area (Å²) in [4.78, 5) is 13.3. The lowest BCUT2D eigenvalue weighted by Crippen LogP contribution is -2.52. The van der Waals surface area contributed by atoms with Gasteiger partial charge in [-0.05, 0) is 13.8 Å². The van der Waals surface area contributed by atoms with Crippen molar-refractivity contribution in [3.05, 3.63) is 0 Å². The maximum Gasteiger partial charge on any atom is 0.280 e. The molecule has 1 saturated heterocycles. The molecule has 8 heteroatoms. The van der Waals surface area contributed by atoms with E-state index in [1.54, 1.807) is 4.90 Å². The highest BCUT2D eigenvalue weighted by molar-refractivity contribution is 7.87. The van der Waals surface area contributed by atoms with Crippen LogP contribution in [0.4, 0.5) is 0 Å². The van der Waals surface area contributed by atoms with Crippen molar-refractivity contribution in [1.82, 2.24) is 19.2 Å². The van der Waals surface area contributed by atoms with Gasteiger partial charge in [-0.3, -0.25) is 4.79 Å². The Bertz CT molecular complexity index is 361. The van der Waals surface area contributed by atoms with Gasteiger partial charge in [0.1, 0.15) is 0 Å². The molecule has 106 valence electrons. The molecule has 0 unspecified atom stereocenters. The molecule has 1 rings (SSSR count). The number of carbonyl (C=O) groups is 1. The summed E-state index contributed by atoms with van der Waals surface area (Å²) in [6.45, 7) is 6.90. The monoisotopic (exact) mass is 278 g/mol. The van der Waals surface area contributed by atoms with E-state index >= 15 is 0 Å². The Morgan fingerprint density at radius 3 is 2.33 bits per heavy atom. The summed E-state index contributed by atoms with van der Waals surface area (Å²) in [5, 5.41) is 3.08. The average Bonchev–Trinajstić information content (AvgIpc) is 2.39. The topological polar surface area (TPSA) is 81.8 Å². The van der Waals surface area contributed by atoms with Gasteiger partial charge in [0.05, 0.1) is 6.54 Å². The third kappa shape index (κ3) is 4.20. The number of hydrogen-bond acceptors (Lipinski definition) is 4. The van der Waals surface area contributed by atoms with Crippen LogP contribution >= 0.6 is 0 Å². The molecule has 0 bridgehead atoms. The standard InChI is InChI=1S/C10H22N4O3S/c1-3-13(4-2)10(15)9-12-18(16,17)14-7-5-11-6-8-14/h11-12H,3-9H2,1-2H3. The maximum atomic E-state index is 11.9. The van der Waals surface area contributed by atoms with Crippen LogP contribution in [-0.4, -0.2) is 69.3 Å². The van der Waals surface area contributed by atoms with Crippen molar-refractivity contribution in [3.63, 3.8) is 0 Å². The van der Waals surface area contributed by atoms with Gasteiger partial charge in [0.25, 0.3) is 10.2 Å². The molecule has 0 atom stereocenters. The van der Waals surface area contributed by atoms with Crippen LogP contribution in [0, 0.1) is 0 Å².